The monoisotopic (exact) mass is 402 g/mol. The Morgan fingerprint density at radius 2 is 1.90 bits per heavy atom. The van der Waals surface area contributed by atoms with Crippen molar-refractivity contribution in [2.24, 2.45) is 0 Å². The summed E-state index contributed by atoms with van der Waals surface area (Å²) in [6, 6.07) is 14.8. The van der Waals surface area contributed by atoms with Gasteiger partial charge < -0.3 is 4.98 Å². The molecule has 150 valence electrons. The molecule has 0 fully saturated rings. The Bertz CT molecular complexity index is 1360. The third kappa shape index (κ3) is 3.88. The third-order valence-electron chi connectivity index (χ3n) is 4.89. The predicted octanol–water partition coefficient (Wildman–Crippen LogP) is 3.16. The zero-order chi connectivity index (χ0) is 21.1. The molecule has 0 saturated carbocycles. The van der Waals surface area contributed by atoms with Crippen molar-refractivity contribution in [2.45, 2.75) is 19.3 Å². The molecule has 1 N–H and O–H groups in total. The molecule has 0 amide bonds. The molecule has 0 unspecified atom stereocenters. The summed E-state index contributed by atoms with van der Waals surface area (Å²) in [7, 11) is 0. The minimum Gasteiger partial charge on any atom is -0.329 e. The van der Waals surface area contributed by atoms with Gasteiger partial charge in [-0.3, -0.25) is 24.3 Å². The Labute approximate surface area is 170 Å². The highest BCUT2D eigenvalue weighted by molar-refractivity contribution is 5.77. The number of nitrogens with zero attached hydrogens (tertiary/aromatic N) is 3. The number of fused-ring (bicyclic) bond motifs is 1. The molecule has 0 atom stereocenters. The number of non-ortho nitro benzene ring substituents is 1. The summed E-state index contributed by atoms with van der Waals surface area (Å²) in [6.07, 6.45) is 5.03. The number of aromatic amines is 1. The van der Waals surface area contributed by atoms with E-state index in [1.807, 2.05) is 18.2 Å². The van der Waals surface area contributed by atoms with Crippen molar-refractivity contribution in [1.82, 2.24) is 14.5 Å². The van der Waals surface area contributed by atoms with Crippen LogP contribution in [-0.4, -0.2) is 19.5 Å². The largest absolute Gasteiger partial charge is 0.329 e. The molecule has 0 spiro atoms. The highest BCUT2D eigenvalue weighted by atomic mass is 16.6. The molecule has 3 aromatic heterocycles. The highest BCUT2D eigenvalue weighted by Gasteiger charge is 2.14. The topological polar surface area (TPSA) is 111 Å². The number of nitro benzene ring substituents is 1. The summed E-state index contributed by atoms with van der Waals surface area (Å²) >= 11 is 0. The van der Waals surface area contributed by atoms with E-state index in [0.29, 0.717) is 36.2 Å². The van der Waals surface area contributed by atoms with Crippen LogP contribution in [0.3, 0.4) is 0 Å². The van der Waals surface area contributed by atoms with E-state index in [-0.39, 0.29) is 16.8 Å². The fourth-order valence-electron chi connectivity index (χ4n) is 3.49. The first-order valence-corrected chi connectivity index (χ1v) is 9.45. The van der Waals surface area contributed by atoms with E-state index in [1.165, 1.54) is 16.7 Å². The second kappa shape index (κ2) is 8.12. The average molecular weight is 402 g/mol. The smallest absolute Gasteiger partial charge is 0.271 e. The summed E-state index contributed by atoms with van der Waals surface area (Å²) in [4.78, 5) is 42.3. The molecule has 8 nitrogen and oxygen atoms in total. The standard InChI is InChI=1S/C22H18N4O4/c27-20-12-15(9-11-23-20)4-1-5-17-13-16-6-3-10-24-21(16)25(22(17)28)18-7-2-8-19(14-18)26(29)30/h2-3,6-14H,1,4-5H2,(H,23,27). The number of aromatic nitrogens is 3. The van der Waals surface area contributed by atoms with Crippen LogP contribution in [0.1, 0.15) is 17.5 Å². The van der Waals surface area contributed by atoms with Gasteiger partial charge in [0.25, 0.3) is 11.2 Å². The molecule has 0 aliphatic heterocycles. The van der Waals surface area contributed by atoms with Crippen molar-refractivity contribution >= 4 is 16.7 Å². The van der Waals surface area contributed by atoms with Crippen LogP contribution in [0.15, 0.2) is 76.6 Å². The van der Waals surface area contributed by atoms with Crippen LogP contribution in [0.4, 0.5) is 5.69 Å². The molecule has 0 bridgehead atoms. The highest BCUT2D eigenvalue weighted by Crippen LogP contribution is 2.20. The normalized spacial score (nSPS) is 10.9. The van der Waals surface area contributed by atoms with Crippen molar-refractivity contribution in [3.8, 4) is 5.69 Å². The van der Waals surface area contributed by atoms with Gasteiger partial charge in [-0.25, -0.2) is 4.98 Å². The maximum atomic E-state index is 13.3. The first-order chi connectivity index (χ1) is 14.5. The Hall–Kier alpha value is -4.07. The lowest BCUT2D eigenvalue weighted by molar-refractivity contribution is -0.384. The van der Waals surface area contributed by atoms with Crippen molar-refractivity contribution in [1.29, 1.82) is 0 Å². The summed E-state index contributed by atoms with van der Waals surface area (Å²) in [5, 5.41) is 12.0. The van der Waals surface area contributed by atoms with Crippen LogP contribution in [-0.2, 0) is 12.8 Å². The summed E-state index contributed by atoms with van der Waals surface area (Å²) in [6.45, 7) is 0. The van der Waals surface area contributed by atoms with E-state index in [4.69, 9.17) is 0 Å². The lowest BCUT2D eigenvalue weighted by Crippen LogP contribution is -2.23. The zero-order valence-corrected chi connectivity index (χ0v) is 15.9. The number of hydrogen-bond acceptors (Lipinski definition) is 5. The molecule has 8 heteroatoms. The number of rotatable bonds is 6. The van der Waals surface area contributed by atoms with Crippen molar-refractivity contribution < 1.29 is 4.92 Å². The molecule has 4 aromatic rings. The van der Waals surface area contributed by atoms with Gasteiger partial charge in [-0.05, 0) is 55.2 Å². The van der Waals surface area contributed by atoms with Crippen LogP contribution in [0, 0.1) is 10.1 Å². The Balaban J connectivity index is 1.74. The summed E-state index contributed by atoms with van der Waals surface area (Å²) < 4.78 is 1.42. The predicted molar refractivity (Wildman–Crippen MR) is 113 cm³/mol. The van der Waals surface area contributed by atoms with Gasteiger partial charge in [0.2, 0.25) is 5.56 Å². The van der Waals surface area contributed by atoms with Gasteiger partial charge in [-0.2, -0.15) is 0 Å². The molecule has 1 aromatic carbocycles. The first kappa shape index (κ1) is 19.3. The number of nitro groups is 1. The van der Waals surface area contributed by atoms with Gasteiger partial charge in [0, 0.05) is 41.5 Å². The zero-order valence-electron chi connectivity index (χ0n) is 15.9. The quantitative estimate of drug-likeness (QED) is 0.393. The van der Waals surface area contributed by atoms with E-state index in [2.05, 4.69) is 9.97 Å². The van der Waals surface area contributed by atoms with Crippen LogP contribution < -0.4 is 11.1 Å². The molecule has 0 saturated heterocycles. The average Bonchev–Trinajstić information content (AvgIpc) is 2.74. The van der Waals surface area contributed by atoms with Crippen LogP contribution in [0.2, 0.25) is 0 Å². The van der Waals surface area contributed by atoms with Gasteiger partial charge >= 0.3 is 0 Å². The fourth-order valence-corrected chi connectivity index (χ4v) is 3.49. The third-order valence-corrected chi connectivity index (χ3v) is 4.89. The number of pyridine rings is 3. The van der Waals surface area contributed by atoms with Crippen LogP contribution in [0.25, 0.3) is 16.7 Å². The van der Waals surface area contributed by atoms with Gasteiger partial charge in [0.15, 0.2) is 0 Å². The maximum Gasteiger partial charge on any atom is 0.271 e. The molecule has 30 heavy (non-hydrogen) atoms. The van der Waals surface area contributed by atoms with Gasteiger partial charge in [-0.15, -0.1) is 0 Å². The second-order valence-corrected chi connectivity index (χ2v) is 6.92. The molecule has 0 radical (unpaired) electrons. The number of nitrogens with one attached hydrogen (secondary N) is 1. The molecule has 0 aliphatic carbocycles. The number of hydrogen-bond donors (Lipinski definition) is 1. The van der Waals surface area contributed by atoms with Crippen molar-refractivity contribution in [3.63, 3.8) is 0 Å². The summed E-state index contributed by atoms with van der Waals surface area (Å²) in [5.41, 5.74) is 1.83. The lowest BCUT2D eigenvalue weighted by atomic mass is 10.0. The van der Waals surface area contributed by atoms with Crippen LogP contribution in [0.5, 0.6) is 0 Å². The second-order valence-electron chi connectivity index (χ2n) is 6.92. The fraction of sp³-hybridized carbons (Fsp3) is 0.136. The van der Waals surface area contributed by atoms with E-state index in [1.54, 1.807) is 36.7 Å². The first-order valence-electron chi connectivity index (χ1n) is 9.45. The van der Waals surface area contributed by atoms with Gasteiger partial charge in [-0.1, -0.05) is 6.07 Å². The molecular formula is C22H18N4O4. The van der Waals surface area contributed by atoms with E-state index in [9.17, 15) is 19.7 Å². The maximum absolute atomic E-state index is 13.3. The van der Waals surface area contributed by atoms with Gasteiger partial charge in [0.05, 0.1) is 10.6 Å². The minimum absolute atomic E-state index is 0.0943. The Morgan fingerprint density at radius 3 is 2.70 bits per heavy atom. The number of H-pyrrole nitrogens is 1. The molecule has 4 rings (SSSR count). The van der Waals surface area contributed by atoms with E-state index >= 15 is 0 Å². The van der Waals surface area contributed by atoms with Crippen LogP contribution >= 0.6 is 0 Å². The minimum atomic E-state index is -0.491. The Morgan fingerprint density at radius 1 is 1.03 bits per heavy atom. The van der Waals surface area contributed by atoms with Gasteiger partial charge in [0.1, 0.15) is 5.65 Å². The molecule has 0 aliphatic rings. The molecule has 3 heterocycles. The SMILES string of the molecule is O=c1cc(CCCc2cc3cccnc3n(-c3cccc([N+](=O)[O-])c3)c2=O)cc[nH]1. The Kier molecular flexibility index (Phi) is 5.21. The summed E-state index contributed by atoms with van der Waals surface area (Å²) in [5.74, 6) is 0. The van der Waals surface area contributed by atoms with Crippen molar-refractivity contribution in [2.75, 3.05) is 0 Å². The number of aryl methyl sites for hydroxylation is 2. The molecular weight excluding hydrogens is 384 g/mol. The van der Waals surface area contributed by atoms with E-state index < -0.39 is 4.92 Å². The number of benzene rings is 1. The lowest BCUT2D eigenvalue weighted by Gasteiger charge is -2.12. The van der Waals surface area contributed by atoms with E-state index in [0.717, 1.165) is 10.9 Å². The van der Waals surface area contributed by atoms with Crippen molar-refractivity contribution in [3.05, 3.63) is 109 Å².